The van der Waals surface area contributed by atoms with Crippen LogP contribution in [0, 0.1) is 64.1 Å². The molecule has 0 spiro atoms. The maximum atomic E-state index is 13.5. The molecule has 1 aliphatic rings. The number of hydrogen-bond acceptors (Lipinski definition) is 23. The number of hydrogen-bond donors (Lipinski definition) is 3. The van der Waals surface area contributed by atoms with Crippen molar-refractivity contribution in [2.45, 2.75) is 100.0 Å². The molecule has 133 heavy (non-hydrogen) atoms. The molecule has 7 heterocycles. The monoisotopic (exact) mass is 2290 g/mol. The number of rotatable bonds is 21. The summed E-state index contributed by atoms with van der Waals surface area (Å²) >= 11 is 20.5. The average molecular weight is 2300 g/mol. The molecule has 28 nitrogen and oxygen atoms in total. The van der Waals surface area contributed by atoms with Gasteiger partial charge in [-0.2, -0.15) is 5.10 Å². The second-order valence-electron chi connectivity index (χ2n) is 29.1. The van der Waals surface area contributed by atoms with Gasteiger partial charge in [-0.25, -0.2) is 56.5 Å². The summed E-state index contributed by atoms with van der Waals surface area (Å²) in [6.45, 7) is 12.7. The van der Waals surface area contributed by atoms with Crippen LogP contribution in [-0.2, 0) is 110 Å². The fraction of sp³-hybridized carbons (Fsp3) is 0.341. The van der Waals surface area contributed by atoms with Gasteiger partial charge in [0.1, 0.15) is 105 Å². The van der Waals surface area contributed by atoms with E-state index in [2.05, 4.69) is 123 Å². The number of terminal acetylenes is 1. The van der Waals surface area contributed by atoms with Gasteiger partial charge in [-0.3, -0.25) is 14.4 Å². The molecule has 0 aliphatic carbocycles. The number of Topliss-reactive ketones (excluding diaryl/α,β-unsaturated/α-hetero) is 2. The fourth-order valence-corrected chi connectivity index (χ4v) is 11.6. The number of benzene rings is 6. The summed E-state index contributed by atoms with van der Waals surface area (Å²) in [5.41, 5.74) is 13.9. The third-order valence-electron chi connectivity index (χ3n) is 17.1. The number of halogens is 11. The minimum atomic E-state index is -0.443. The molecular weight excluding hydrogens is 2190 g/mol. The maximum absolute atomic E-state index is 13.5. The van der Waals surface area contributed by atoms with Crippen molar-refractivity contribution in [2.75, 3.05) is 73.8 Å². The number of carbonyl (C=O) groups excluding carboxylic acids is 3. The number of nitrogens with zero attached hydrogens (tertiary/aromatic N) is 12. The summed E-state index contributed by atoms with van der Waals surface area (Å²) in [6.07, 6.45) is 25.3. The number of alkyl halides is 1. The predicted octanol–water partition coefficient (Wildman–Crippen LogP) is 12.7. The number of nitrogens with two attached hydrogens (primary N) is 1. The van der Waals surface area contributed by atoms with Crippen LogP contribution < -0.4 is 128 Å². The van der Waals surface area contributed by atoms with Gasteiger partial charge in [-0.15, -0.1) is 18.8 Å². The number of carbonyl (C=O) groups is 3. The van der Waals surface area contributed by atoms with Gasteiger partial charge >= 0.3 is 136 Å². The third-order valence-corrected chi connectivity index (χ3v) is 18.7. The van der Waals surface area contributed by atoms with E-state index in [1.54, 1.807) is 98.7 Å². The zero-order chi connectivity index (χ0) is 96.2. The van der Waals surface area contributed by atoms with Gasteiger partial charge in [0.25, 0.3) is 6.47 Å². The largest absolute Gasteiger partial charge is 1.00 e. The Labute approximate surface area is 915 Å². The van der Waals surface area contributed by atoms with Gasteiger partial charge in [0.15, 0.2) is 26.0 Å². The van der Waals surface area contributed by atoms with E-state index < -0.39 is 28.3 Å². The Morgan fingerprint density at radius 1 is 0.602 bits per heavy atom. The molecule has 12 aromatic rings. The molecule has 13 rings (SSSR count). The number of phenols is 2. The summed E-state index contributed by atoms with van der Waals surface area (Å²) in [7, 11) is 13.7. The Hall–Kier alpha value is -6.61. The normalized spacial score (nSPS) is 10.7. The topological polar surface area (TPSA) is 339 Å². The van der Waals surface area contributed by atoms with E-state index >= 15 is 0 Å². The number of methoxy groups -OCH3 is 4. The number of phenolic OH excluding ortho intramolecular Hbond substituents is 2. The Morgan fingerprint density at radius 3 is 1.41 bits per heavy atom. The molecule has 42 heteroatoms. The van der Waals surface area contributed by atoms with Crippen molar-refractivity contribution in [1.29, 1.82) is 0 Å². The number of aromatic hydroxyl groups is 2. The van der Waals surface area contributed by atoms with E-state index in [-0.39, 0.29) is 198 Å². The van der Waals surface area contributed by atoms with Crippen LogP contribution in [0.4, 0.5) is 27.8 Å². The average Bonchev–Trinajstić information content (AvgIpc) is 1.61. The minimum absolute atomic E-state index is 0. The molecule has 0 atom stereocenters. The first-order chi connectivity index (χ1) is 61.4. The Morgan fingerprint density at radius 2 is 1.02 bits per heavy atom. The summed E-state index contributed by atoms with van der Waals surface area (Å²) in [5.74, 6) is 8.12. The van der Waals surface area contributed by atoms with Gasteiger partial charge in [0.05, 0.1) is 55.6 Å². The van der Waals surface area contributed by atoms with Crippen LogP contribution in [0.3, 0.4) is 0 Å². The number of ether oxygens (including phenoxy) is 8. The number of ketones is 2. The molecule has 0 unspecified atom stereocenters. The zero-order valence-corrected chi connectivity index (χ0v) is 91.4. The van der Waals surface area contributed by atoms with Crippen LogP contribution in [0.15, 0.2) is 185 Å². The second-order valence-corrected chi connectivity index (χ2v) is 32.0. The summed E-state index contributed by atoms with van der Waals surface area (Å²) in [6, 6.07) is 29.8. The predicted molar refractivity (Wildman–Crippen MR) is 509 cm³/mol. The molecule has 0 amide bonds. The first kappa shape index (κ1) is 128. The molecule has 1 fully saturated rings. The zero-order valence-electron chi connectivity index (χ0n) is 76.7. The molecule has 6 aromatic heterocycles. The molecular formula is C91H109Br3Cl2CuF5IK2N13O15. The number of aromatic nitrogens is 12. The van der Waals surface area contributed by atoms with Gasteiger partial charge in [-0.05, 0) is 128 Å². The van der Waals surface area contributed by atoms with Crippen molar-refractivity contribution in [3.63, 3.8) is 0 Å². The van der Waals surface area contributed by atoms with Crippen molar-refractivity contribution in [3.05, 3.63) is 254 Å². The molecule has 718 valence electrons. The van der Waals surface area contributed by atoms with Crippen LogP contribution in [0.2, 0.25) is 0 Å². The number of anilines is 1. The van der Waals surface area contributed by atoms with Crippen LogP contribution in [0.1, 0.15) is 115 Å². The Balaban J connectivity index is -0.00000146. The minimum Gasteiger partial charge on any atom is -1.00 e. The molecule has 4 N–H and O–H groups in total. The van der Waals surface area contributed by atoms with Gasteiger partial charge in [0, 0.05) is 159 Å². The fourth-order valence-electron chi connectivity index (χ4n) is 10.4. The SMILES string of the molecule is C.C#Cc1cncn1C.CC(C)(C)C(=O)CC(=O)C(C)(C)C.COCCl.COCOc1cc(F)cc(Br)c1.COCOc1cc(F)cc(C#Cc2cncn2C)c1.COCOc1cc(F)cc(CCc2cncn2C)c1.Cl.Cn1cncc1CCc1cc(O)cc(F)c1.Nc1ncnc2c1c(-c1ccc(Br)cc1)nn2C1CCOCC1.O=CO[O-].Oc1cc(F)cc(Br)c1.[Cu][I].[H-].[K+].[K+]. The molecule has 6 aromatic carbocycles. The van der Waals surface area contributed by atoms with E-state index in [1.807, 2.05) is 120 Å². The molecule has 1 aliphatic heterocycles. The van der Waals surface area contributed by atoms with E-state index in [9.17, 15) is 36.6 Å². The Kier molecular flexibility index (Phi) is 68.5. The van der Waals surface area contributed by atoms with E-state index in [1.165, 1.54) is 82.3 Å². The van der Waals surface area contributed by atoms with Crippen LogP contribution in [0.5, 0.6) is 28.7 Å². The number of nitrogen functional groups attached to an aromatic ring is 1. The Bertz CT molecular complexity index is 5380. The number of aryl methyl sites for hydroxylation is 8. The third kappa shape index (κ3) is 51.6. The summed E-state index contributed by atoms with van der Waals surface area (Å²) in [4.78, 5) is 58.7. The van der Waals surface area contributed by atoms with Crippen molar-refractivity contribution < 1.29 is 212 Å². The quantitative estimate of drug-likeness (QED) is 0.00575. The first-order valence-corrected chi connectivity index (χ1v) is 44.5. The van der Waals surface area contributed by atoms with Gasteiger partial charge in [-0.1, -0.05) is 132 Å². The smallest absolute Gasteiger partial charge is 1.00 e. The summed E-state index contributed by atoms with van der Waals surface area (Å²) in [5, 5.41) is 32.1. The number of imidazole rings is 4. The number of fused-ring (bicyclic) bond motifs is 1. The van der Waals surface area contributed by atoms with Crippen molar-refractivity contribution in [3.8, 4) is 64.2 Å². The van der Waals surface area contributed by atoms with Crippen LogP contribution >= 0.6 is 92.1 Å². The summed E-state index contributed by atoms with van der Waals surface area (Å²) < 4.78 is 116. The van der Waals surface area contributed by atoms with Gasteiger partial charge in [0.2, 0.25) is 0 Å². The first-order valence-electron chi connectivity index (χ1n) is 38.5. The standard InChI is InChI=1S/C16H16BrN5O.C14H17FN2O2.C14H13FN2O2.C12H13FN2O.C11H20O2.C8H8BrFO2.C6H4BrFO.C6H6N2.C2H5ClO.CH2O3.CH4.ClH.Cu.HI.2K.H/c17-11-3-1-10(2-4-11)14-13-15(18)19-9-20-16(13)22(21-14)12-5-7-23-8-6-12;2*1-17-9-16-8-13(17)4-3-11-5-12(15)7-14(6-11)19-10-18-2;1-15-8-14-7-11(15)3-2-9-4-10(13)6-12(16)5-9;1-10(2,3)8(12)7-9(13)11(4,5)6;1-11-5-12-8-3-6(9)2-7(10)4-8;7-4-1-5(8)3-6(9)2-4;1-3-6-4-7-5-8(6)2;1-4-2-3;2-1-4-3;;;;;;;/h1-4,9,12H,5-8H2,(H2,18,19,20);5-9H,3-4,10H2,1-2H3;5-9H,10H2,1-2H3;4-8,16H,2-3H2,1H3;7H2,1-6H3;2-4H,5H2,1H3;1-3,9H;1,4-5H,2H3;2H2,1H3;1,3H;1H4;1H;;1H;;;/q;;;;;;;;;;;;+1;;2*+1;-1/p-2. The maximum Gasteiger partial charge on any atom is 1.00 e. The van der Waals surface area contributed by atoms with Crippen LogP contribution in [-0.4, -0.2) is 154 Å². The van der Waals surface area contributed by atoms with E-state index in [0.29, 0.717) is 50.1 Å². The molecule has 0 radical (unpaired) electrons. The van der Waals surface area contributed by atoms with E-state index in [4.69, 9.17) is 72.4 Å². The van der Waals surface area contributed by atoms with Crippen molar-refractivity contribution >= 4 is 127 Å². The van der Waals surface area contributed by atoms with Crippen molar-refractivity contribution in [1.82, 2.24) is 58.0 Å². The molecule has 1 saturated heterocycles. The van der Waals surface area contributed by atoms with Crippen LogP contribution in [0.25, 0.3) is 22.3 Å². The molecule has 0 bridgehead atoms. The van der Waals surface area contributed by atoms with Crippen molar-refractivity contribution in [2.24, 2.45) is 39.0 Å². The second kappa shape index (κ2) is 70.9. The van der Waals surface area contributed by atoms with Gasteiger partial charge < -0.3 is 83.7 Å². The van der Waals surface area contributed by atoms with E-state index in [0.717, 1.165) is 118 Å². The molecule has 0 saturated carbocycles.